The molecule has 0 aliphatic heterocycles. The summed E-state index contributed by atoms with van der Waals surface area (Å²) in [5, 5.41) is 3.32. The van der Waals surface area contributed by atoms with E-state index >= 15 is 0 Å². The van der Waals surface area contributed by atoms with Gasteiger partial charge in [-0.1, -0.05) is 6.07 Å². The van der Waals surface area contributed by atoms with E-state index in [0.29, 0.717) is 6.54 Å². The third kappa shape index (κ3) is 2.78. The van der Waals surface area contributed by atoms with Crippen molar-refractivity contribution in [2.24, 2.45) is 0 Å². The number of rotatable bonds is 4. The first kappa shape index (κ1) is 11.5. The van der Waals surface area contributed by atoms with Crippen LogP contribution < -0.4 is 10.1 Å². The summed E-state index contributed by atoms with van der Waals surface area (Å²) < 4.78 is 5.33. The van der Waals surface area contributed by atoms with Crippen molar-refractivity contribution < 1.29 is 4.74 Å². The van der Waals surface area contributed by atoms with E-state index in [0.717, 1.165) is 23.0 Å². The number of nitrogens with one attached hydrogen (secondary N) is 2. The summed E-state index contributed by atoms with van der Waals surface area (Å²) >= 11 is 0. The fraction of sp³-hybridized carbons (Fsp3) is 0.308. The number of ether oxygens (including phenoxy) is 1. The summed E-state index contributed by atoms with van der Waals surface area (Å²) in [7, 11) is 1.68. The van der Waals surface area contributed by atoms with Crippen molar-refractivity contribution >= 4 is 5.69 Å². The van der Waals surface area contributed by atoms with Crippen LogP contribution in [0.25, 0.3) is 0 Å². The molecule has 2 rings (SSSR count). The maximum absolute atomic E-state index is 5.33. The predicted molar refractivity (Wildman–Crippen MR) is 68.4 cm³/mol. The van der Waals surface area contributed by atoms with Crippen LogP contribution >= 0.6 is 0 Å². The van der Waals surface area contributed by atoms with E-state index in [1.165, 1.54) is 5.56 Å². The van der Waals surface area contributed by atoms with Crippen LogP contribution in [0.5, 0.6) is 5.75 Å². The molecule has 0 aliphatic rings. The number of methoxy groups -OCH3 is 1. The third-order valence-electron chi connectivity index (χ3n) is 2.58. The van der Waals surface area contributed by atoms with E-state index in [1.807, 2.05) is 32.2 Å². The van der Waals surface area contributed by atoms with Crippen LogP contribution in [0.1, 0.15) is 17.1 Å². The second-order valence-corrected chi connectivity index (χ2v) is 4.05. The number of benzene rings is 1. The standard InChI is InChI=1S/C13H17N3O/c1-9-4-5-12(13(6-9)17-3)15-8-11-7-14-10(2)16-11/h4-7,15H,8H2,1-3H3,(H,14,16). The van der Waals surface area contributed by atoms with Crippen LogP contribution in [0.3, 0.4) is 0 Å². The van der Waals surface area contributed by atoms with Gasteiger partial charge in [-0.3, -0.25) is 0 Å². The number of aromatic amines is 1. The quantitative estimate of drug-likeness (QED) is 0.850. The molecule has 90 valence electrons. The minimum atomic E-state index is 0.709. The molecule has 0 amide bonds. The lowest BCUT2D eigenvalue weighted by Gasteiger charge is -2.11. The lowest BCUT2D eigenvalue weighted by molar-refractivity contribution is 0.416. The number of hydrogen-bond acceptors (Lipinski definition) is 3. The fourth-order valence-electron chi connectivity index (χ4n) is 1.70. The molecule has 0 saturated heterocycles. The number of H-pyrrole nitrogens is 1. The molecule has 0 atom stereocenters. The summed E-state index contributed by atoms with van der Waals surface area (Å²) in [6.45, 7) is 4.70. The van der Waals surface area contributed by atoms with Crippen LogP contribution in [-0.2, 0) is 6.54 Å². The van der Waals surface area contributed by atoms with Gasteiger partial charge in [0, 0.05) is 0 Å². The average molecular weight is 231 g/mol. The van der Waals surface area contributed by atoms with Gasteiger partial charge in [-0.25, -0.2) is 4.98 Å². The number of aryl methyl sites for hydroxylation is 2. The molecular formula is C13H17N3O. The zero-order valence-corrected chi connectivity index (χ0v) is 10.4. The number of hydrogen-bond donors (Lipinski definition) is 2. The topological polar surface area (TPSA) is 49.9 Å². The molecule has 1 aromatic carbocycles. The Hall–Kier alpha value is -1.97. The Bertz CT molecular complexity index is 505. The normalized spacial score (nSPS) is 10.3. The van der Waals surface area contributed by atoms with Gasteiger partial charge in [0.25, 0.3) is 0 Å². The molecule has 0 bridgehead atoms. The molecule has 4 nitrogen and oxygen atoms in total. The molecule has 4 heteroatoms. The smallest absolute Gasteiger partial charge is 0.142 e. The second kappa shape index (κ2) is 4.91. The Balaban J connectivity index is 2.08. The van der Waals surface area contributed by atoms with E-state index < -0.39 is 0 Å². The summed E-state index contributed by atoms with van der Waals surface area (Å²) in [6.07, 6.45) is 1.84. The van der Waals surface area contributed by atoms with Crippen LogP contribution in [0.2, 0.25) is 0 Å². The van der Waals surface area contributed by atoms with Crippen molar-refractivity contribution in [3.05, 3.63) is 41.5 Å². The van der Waals surface area contributed by atoms with Crippen molar-refractivity contribution in [2.45, 2.75) is 20.4 Å². The maximum atomic E-state index is 5.33. The zero-order chi connectivity index (χ0) is 12.3. The van der Waals surface area contributed by atoms with Crippen LogP contribution in [0.4, 0.5) is 5.69 Å². The van der Waals surface area contributed by atoms with Gasteiger partial charge in [-0.15, -0.1) is 0 Å². The second-order valence-electron chi connectivity index (χ2n) is 4.05. The van der Waals surface area contributed by atoms with Gasteiger partial charge >= 0.3 is 0 Å². The highest BCUT2D eigenvalue weighted by atomic mass is 16.5. The third-order valence-corrected chi connectivity index (χ3v) is 2.58. The highest BCUT2D eigenvalue weighted by molar-refractivity contribution is 5.57. The largest absolute Gasteiger partial charge is 0.495 e. The van der Waals surface area contributed by atoms with Crippen molar-refractivity contribution in [1.29, 1.82) is 0 Å². The minimum Gasteiger partial charge on any atom is -0.495 e. The lowest BCUT2D eigenvalue weighted by atomic mass is 10.2. The highest BCUT2D eigenvalue weighted by Crippen LogP contribution is 2.25. The van der Waals surface area contributed by atoms with Crippen molar-refractivity contribution in [3.8, 4) is 5.75 Å². The van der Waals surface area contributed by atoms with E-state index in [4.69, 9.17) is 4.74 Å². The van der Waals surface area contributed by atoms with Crippen LogP contribution in [0, 0.1) is 13.8 Å². The van der Waals surface area contributed by atoms with Gasteiger partial charge in [0.05, 0.1) is 31.2 Å². The fourth-order valence-corrected chi connectivity index (χ4v) is 1.70. The maximum Gasteiger partial charge on any atom is 0.142 e. The highest BCUT2D eigenvalue weighted by Gasteiger charge is 2.03. The molecule has 1 aromatic heterocycles. The first-order valence-electron chi connectivity index (χ1n) is 5.58. The average Bonchev–Trinajstić information content (AvgIpc) is 2.73. The van der Waals surface area contributed by atoms with Gasteiger partial charge in [-0.2, -0.15) is 0 Å². The first-order valence-corrected chi connectivity index (χ1v) is 5.58. The van der Waals surface area contributed by atoms with Gasteiger partial charge in [-0.05, 0) is 31.5 Å². The Labute approximate surface area is 101 Å². The van der Waals surface area contributed by atoms with E-state index in [1.54, 1.807) is 7.11 Å². The van der Waals surface area contributed by atoms with Gasteiger partial charge in [0.1, 0.15) is 11.6 Å². The van der Waals surface area contributed by atoms with Gasteiger partial charge in [0.2, 0.25) is 0 Å². The van der Waals surface area contributed by atoms with Crippen LogP contribution in [0.15, 0.2) is 24.4 Å². The van der Waals surface area contributed by atoms with E-state index in [9.17, 15) is 0 Å². The molecule has 0 unspecified atom stereocenters. The SMILES string of the molecule is COc1cc(C)ccc1NCc1cnc(C)[nH]1. The van der Waals surface area contributed by atoms with Crippen molar-refractivity contribution in [2.75, 3.05) is 12.4 Å². The number of imidazole rings is 1. The predicted octanol–water partition coefficient (Wildman–Crippen LogP) is 2.65. The molecule has 2 aromatic rings. The summed E-state index contributed by atoms with van der Waals surface area (Å²) in [6, 6.07) is 6.10. The molecular weight excluding hydrogens is 214 g/mol. The molecule has 17 heavy (non-hydrogen) atoms. The number of anilines is 1. The summed E-state index contributed by atoms with van der Waals surface area (Å²) in [4.78, 5) is 7.34. The Morgan fingerprint density at radius 1 is 1.35 bits per heavy atom. The van der Waals surface area contributed by atoms with E-state index in [2.05, 4.69) is 21.4 Å². The number of nitrogens with zero attached hydrogens (tertiary/aromatic N) is 1. The minimum absolute atomic E-state index is 0.709. The van der Waals surface area contributed by atoms with Crippen molar-refractivity contribution in [1.82, 2.24) is 9.97 Å². The molecule has 0 spiro atoms. The summed E-state index contributed by atoms with van der Waals surface area (Å²) in [5.74, 6) is 1.79. The molecule has 2 N–H and O–H groups in total. The Morgan fingerprint density at radius 3 is 2.82 bits per heavy atom. The molecule has 1 heterocycles. The molecule has 0 saturated carbocycles. The van der Waals surface area contributed by atoms with Gasteiger partial charge < -0.3 is 15.0 Å². The Kier molecular flexibility index (Phi) is 3.32. The monoisotopic (exact) mass is 231 g/mol. The molecule has 0 radical (unpaired) electrons. The zero-order valence-electron chi connectivity index (χ0n) is 10.4. The van der Waals surface area contributed by atoms with E-state index in [-0.39, 0.29) is 0 Å². The molecule has 0 fully saturated rings. The van der Waals surface area contributed by atoms with Crippen LogP contribution in [-0.4, -0.2) is 17.1 Å². The first-order chi connectivity index (χ1) is 8.19. The van der Waals surface area contributed by atoms with Crippen molar-refractivity contribution in [3.63, 3.8) is 0 Å². The Morgan fingerprint density at radius 2 is 2.18 bits per heavy atom. The molecule has 0 aliphatic carbocycles. The number of aromatic nitrogens is 2. The lowest BCUT2D eigenvalue weighted by Crippen LogP contribution is -2.01. The van der Waals surface area contributed by atoms with Gasteiger partial charge in [0.15, 0.2) is 0 Å². The summed E-state index contributed by atoms with van der Waals surface area (Å²) in [5.41, 5.74) is 3.24.